The summed E-state index contributed by atoms with van der Waals surface area (Å²) in [5.74, 6) is -7.59. The van der Waals surface area contributed by atoms with Crippen LogP contribution in [0.2, 0.25) is 0 Å². The number of carboxylic acids is 1. The summed E-state index contributed by atoms with van der Waals surface area (Å²) in [6.45, 7) is 1.56. The molecule has 0 saturated carbocycles. The minimum Gasteiger partial charge on any atom is -0.477 e. The molecule has 0 spiro atoms. The summed E-state index contributed by atoms with van der Waals surface area (Å²) < 4.78 is 72.2. The lowest BCUT2D eigenvalue weighted by molar-refractivity contribution is -0.398. The van der Waals surface area contributed by atoms with Crippen molar-refractivity contribution >= 4 is 23.7 Å². The SMILES string of the molecule is CCCCCCCCCCCCC/C=C/[C@@H](O)[C@H](CO[C@@H]1OC(CO)[C@@H](O[C@@H]2OC(CO)[C@H](O[C@@H]3OC(CO)[C@H](O[C@H]4OC(C)[C@@H](O)C(O)[C@@H]4O)[C@H](O[C@@H]4OC(CO)[C@H](O)[C@H](O[C@]5(C(=O)O)CC(O)[C@@H](NC(C)=O)C([C@H](O)[C@H](O)CO)O5)C4O)C3NC(C)=O)[C@H](O)C2O)[C@H](O)C1O)NC(=O)CCCCCCCCCCCCCCCCCCCCCCC. The minimum atomic E-state index is -3.29. The van der Waals surface area contributed by atoms with Crippen LogP contribution >= 0.6 is 0 Å². The van der Waals surface area contributed by atoms with Crippen LogP contribution in [0.3, 0.4) is 0 Å². The Balaban J connectivity index is 1.14. The minimum absolute atomic E-state index is 0.159. The van der Waals surface area contributed by atoms with Gasteiger partial charge in [-0.05, 0) is 26.2 Å². The van der Waals surface area contributed by atoms with Crippen molar-refractivity contribution in [2.75, 3.05) is 39.6 Å². The van der Waals surface area contributed by atoms with E-state index in [4.69, 9.17) is 56.8 Å². The van der Waals surface area contributed by atoms with Crippen molar-refractivity contribution in [3.63, 3.8) is 0 Å². The molecule has 38 heteroatoms. The number of unbranched alkanes of at least 4 members (excludes halogenated alkanes) is 31. The fraction of sp³-hybridized carbons (Fsp3) is 0.929. The predicted octanol–water partition coefficient (Wildman–Crippen LogP) is 0.150. The lowest BCUT2D eigenvalue weighted by Gasteiger charge is -2.52. The van der Waals surface area contributed by atoms with Crippen molar-refractivity contribution < 1.29 is 173 Å². The summed E-state index contributed by atoms with van der Waals surface area (Å²) in [6.07, 6.45) is -17.5. The van der Waals surface area contributed by atoms with E-state index in [0.29, 0.717) is 12.8 Å². The maximum absolute atomic E-state index is 13.6. The van der Waals surface area contributed by atoms with E-state index < -0.39 is 266 Å². The highest BCUT2D eigenvalue weighted by atomic mass is 16.8. The number of nitrogens with one attached hydrogen (secondary N) is 3. The van der Waals surface area contributed by atoms with Crippen LogP contribution in [-0.4, -0.2) is 362 Å². The second kappa shape index (κ2) is 57.6. The molecular formula is C85H153N3O35. The Kier molecular flexibility index (Phi) is 50.6. The van der Waals surface area contributed by atoms with Gasteiger partial charge in [0, 0.05) is 26.7 Å². The molecule has 0 radical (unpaired) electrons. The van der Waals surface area contributed by atoms with E-state index in [0.717, 1.165) is 65.2 Å². The number of amides is 3. The van der Waals surface area contributed by atoms with Crippen LogP contribution in [0.5, 0.6) is 0 Å². The van der Waals surface area contributed by atoms with E-state index >= 15 is 0 Å². The van der Waals surface area contributed by atoms with Gasteiger partial charge in [-0.1, -0.05) is 219 Å². The van der Waals surface area contributed by atoms with Crippen molar-refractivity contribution in [3.05, 3.63) is 12.2 Å². The van der Waals surface area contributed by atoms with E-state index in [2.05, 4.69) is 29.8 Å². The van der Waals surface area contributed by atoms with Gasteiger partial charge in [-0.25, -0.2) is 4.79 Å². The molecule has 3 amide bonds. The van der Waals surface area contributed by atoms with E-state index in [-0.39, 0.29) is 12.3 Å². The number of hydrogen-bond acceptors (Lipinski definition) is 34. The van der Waals surface area contributed by atoms with Crippen molar-refractivity contribution in [3.8, 4) is 0 Å². The van der Waals surface area contributed by atoms with Crippen molar-refractivity contribution in [2.24, 2.45) is 0 Å². The van der Waals surface area contributed by atoms with Crippen LogP contribution in [0.25, 0.3) is 0 Å². The molecule has 33 atom stereocenters. The summed E-state index contributed by atoms with van der Waals surface area (Å²) in [5.41, 5.74) is 0. The molecule has 12 unspecified atom stereocenters. The van der Waals surface area contributed by atoms with Crippen LogP contribution in [0, 0.1) is 0 Å². The topological polar surface area (TPSA) is 600 Å². The fourth-order valence-electron chi connectivity index (χ4n) is 16.8. The fourth-order valence-corrected chi connectivity index (χ4v) is 16.8. The van der Waals surface area contributed by atoms with Gasteiger partial charge in [0.05, 0.1) is 70.0 Å². The molecule has 718 valence electrons. The molecule has 0 aliphatic carbocycles. The highest BCUT2D eigenvalue weighted by molar-refractivity contribution is 5.77. The number of carboxylic acid groups (broad SMARTS) is 1. The van der Waals surface area contributed by atoms with Crippen LogP contribution in [0.15, 0.2) is 12.2 Å². The number of carbonyl (C=O) groups excluding carboxylic acids is 3. The van der Waals surface area contributed by atoms with Gasteiger partial charge in [-0.15, -0.1) is 0 Å². The van der Waals surface area contributed by atoms with Gasteiger partial charge < -0.3 is 170 Å². The van der Waals surface area contributed by atoms with Gasteiger partial charge in [0.1, 0.15) is 134 Å². The van der Waals surface area contributed by atoms with Crippen LogP contribution < -0.4 is 16.0 Å². The van der Waals surface area contributed by atoms with E-state index in [9.17, 15) is 116 Å². The lowest BCUT2D eigenvalue weighted by Crippen LogP contribution is -2.72. The monoisotopic (exact) mass is 1780 g/mol. The Morgan fingerprint density at radius 1 is 0.439 bits per heavy atom. The molecule has 6 saturated heterocycles. The first-order valence-corrected chi connectivity index (χ1v) is 45.5. The number of ether oxygens (including phenoxy) is 12. The van der Waals surface area contributed by atoms with Gasteiger partial charge in [-0.2, -0.15) is 0 Å². The zero-order valence-corrected chi connectivity index (χ0v) is 72.7. The molecular weight excluding hydrogens is 1620 g/mol. The third-order valence-corrected chi connectivity index (χ3v) is 24.2. The van der Waals surface area contributed by atoms with Gasteiger partial charge >= 0.3 is 5.97 Å². The van der Waals surface area contributed by atoms with Crippen LogP contribution in [-0.2, 0) is 76.0 Å². The lowest BCUT2D eigenvalue weighted by atomic mass is 9.88. The highest BCUT2D eigenvalue weighted by Crippen LogP contribution is 2.41. The van der Waals surface area contributed by atoms with Crippen LogP contribution in [0.4, 0.5) is 0 Å². The first-order valence-electron chi connectivity index (χ1n) is 45.5. The zero-order valence-electron chi connectivity index (χ0n) is 72.7. The molecule has 6 fully saturated rings. The van der Waals surface area contributed by atoms with Gasteiger partial charge in [0.15, 0.2) is 31.5 Å². The van der Waals surface area contributed by atoms with E-state index in [1.54, 1.807) is 6.08 Å². The summed E-state index contributed by atoms with van der Waals surface area (Å²) in [6, 6.07) is -4.81. The summed E-state index contributed by atoms with van der Waals surface area (Å²) in [7, 11) is 0. The molecule has 6 aliphatic heterocycles. The maximum Gasteiger partial charge on any atom is 0.364 e. The first-order chi connectivity index (χ1) is 59.0. The number of allylic oxidation sites excluding steroid dienone is 1. The molecule has 6 rings (SSSR count). The molecule has 123 heavy (non-hydrogen) atoms. The van der Waals surface area contributed by atoms with Crippen molar-refractivity contribution in [2.45, 2.75) is 461 Å². The summed E-state index contributed by atoms with van der Waals surface area (Å²) in [5, 5.41) is 221. The second-order valence-electron chi connectivity index (χ2n) is 34.2. The molecule has 6 heterocycles. The Bertz CT molecular complexity index is 2920. The number of hydrogen-bond donors (Lipinski definition) is 22. The molecule has 22 N–H and O–H groups in total. The average Bonchev–Trinajstić information content (AvgIpc) is 0.751. The normalized spacial score (nSPS) is 35.4. The Labute approximate surface area is 722 Å². The van der Waals surface area contributed by atoms with Crippen molar-refractivity contribution in [1.82, 2.24) is 16.0 Å². The molecule has 0 aromatic heterocycles. The highest BCUT2D eigenvalue weighted by Gasteiger charge is 2.62. The number of rotatable bonds is 60. The molecule has 0 aromatic carbocycles. The Morgan fingerprint density at radius 3 is 1.32 bits per heavy atom. The van der Waals surface area contributed by atoms with E-state index in [1.165, 1.54) is 155 Å². The number of aliphatic hydroxyl groups excluding tert-OH is 18. The number of aliphatic hydroxyl groups is 18. The quantitative estimate of drug-likeness (QED) is 0.0285. The summed E-state index contributed by atoms with van der Waals surface area (Å²) in [4.78, 5) is 52.9. The largest absolute Gasteiger partial charge is 0.477 e. The molecule has 38 nitrogen and oxygen atoms in total. The van der Waals surface area contributed by atoms with Gasteiger partial charge in [0.25, 0.3) is 5.79 Å². The summed E-state index contributed by atoms with van der Waals surface area (Å²) >= 11 is 0. The second-order valence-corrected chi connectivity index (χ2v) is 34.2. The third-order valence-electron chi connectivity index (χ3n) is 24.2. The predicted molar refractivity (Wildman–Crippen MR) is 437 cm³/mol. The van der Waals surface area contributed by atoms with Gasteiger partial charge in [0.2, 0.25) is 17.7 Å². The molecule has 0 bridgehead atoms. The first kappa shape index (κ1) is 108. The van der Waals surface area contributed by atoms with Crippen molar-refractivity contribution in [1.29, 1.82) is 0 Å². The van der Waals surface area contributed by atoms with Gasteiger partial charge in [-0.3, -0.25) is 14.4 Å². The Morgan fingerprint density at radius 2 is 0.837 bits per heavy atom. The zero-order chi connectivity index (χ0) is 90.3. The number of carbonyl (C=O) groups is 4. The van der Waals surface area contributed by atoms with Crippen LogP contribution in [0.1, 0.15) is 259 Å². The maximum atomic E-state index is 13.6. The average molecular weight is 1780 g/mol. The van der Waals surface area contributed by atoms with E-state index in [1.807, 2.05) is 6.08 Å². The third kappa shape index (κ3) is 33.6. The molecule has 0 aromatic rings. The molecule has 6 aliphatic rings. The smallest absolute Gasteiger partial charge is 0.364 e. The Hall–Kier alpha value is -3.58. The standard InChI is InChI=1S/C85H153N3O35/c1-6-8-10-12-14-16-18-20-21-22-23-24-25-26-27-29-31-33-35-37-39-41-60(99)88-52(53(96)40-38-36-34-32-30-28-19-17-15-13-11-9-7-2)48-112-80-70(107)67(104)74(57(45-91)116-80)119-82-71(108)68(105)73(58(46-92)117-82)118-79-62(87-51(5)95)77(75(59(47-93)115-79)120-81-69(106)66(103)63(100)49(3)113-81)121-83-72(109)78(65(102)56(44-90)114-83)123-85(84(110)111)42-54(97)61(86-50(4)94)76(122-85)64(101)55(98)43-89/h38,40,49,52-59,61-83,89-93,96-98,100-109H,6-37,39,41-48H2,1-5H3,(H,86,94)(H,87,95)(H,88,99)(H,110,111)/b40-38+/t49?,52-,53+,54?,55+,56?,57?,58?,59?,61+,62?,63+,64+,65-,66?,67+,68+,69-,70?,71?,72?,73-,74+,75-,76?,77+,78-,79-,80+,81+,82-,83-,85-/m0/s1. The number of aliphatic carboxylic acids is 1.